The van der Waals surface area contributed by atoms with Gasteiger partial charge in [0, 0.05) is 25.2 Å². The zero-order valence-electron chi connectivity index (χ0n) is 10.3. The summed E-state index contributed by atoms with van der Waals surface area (Å²) in [6.07, 6.45) is 2.92. The number of carbonyl (C=O) groups excluding carboxylic acids is 2. The minimum atomic E-state index is -0.752. The highest BCUT2D eigenvalue weighted by molar-refractivity contribution is 5.78. The van der Waals surface area contributed by atoms with Crippen LogP contribution in [0.1, 0.15) is 45.4 Å². The van der Waals surface area contributed by atoms with Crippen molar-refractivity contribution in [3.05, 3.63) is 0 Å². The fourth-order valence-electron chi connectivity index (χ4n) is 2.52. The highest BCUT2D eigenvalue weighted by atomic mass is 16.3. The Kier molecular flexibility index (Phi) is 5.78. The molecule has 0 amide bonds. The molecular formula is C13H22O4. The fraction of sp³-hybridized carbons (Fsp3) is 0.846. The van der Waals surface area contributed by atoms with Gasteiger partial charge in [-0.2, -0.15) is 0 Å². The van der Waals surface area contributed by atoms with Gasteiger partial charge in [-0.3, -0.25) is 4.79 Å². The SMILES string of the molecule is CCCCC(=O)CC[C@H]1[C@@H](C=O)[C@H](O)C[C@@H]1O. The molecule has 0 heterocycles. The Morgan fingerprint density at radius 1 is 1.29 bits per heavy atom. The predicted molar refractivity (Wildman–Crippen MR) is 63.4 cm³/mol. The normalized spacial score (nSPS) is 32.6. The molecule has 4 nitrogen and oxygen atoms in total. The van der Waals surface area contributed by atoms with Crippen LogP contribution < -0.4 is 0 Å². The maximum Gasteiger partial charge on any atom is 0.132 e. The quantitative estimate of drug-likeness (QED) is 0.655. The molecule has 0 aromatic heterocycles. The van der Waals surface area contributed by atoms with Crippen molar-refractivity contribution in [3.8, 4) is 0 Å². The lowest BCUT2D eigenvalue weighted by Gasteiger charge is -2.18. The molecule has 0 spiro atoms. The van der Waals surface area contributed by atoms with E-state index in [1.54, 1.807) is 0 Å². The van der Waals surface area contributed by atoms with E-state index in [9.17, 15) is 19.8 Å². The molecule has 0 aromatic rings. The van der Waals surface area contributed by atoms with Crippen molar-refractivity contribution in [1.82, 2.24) is 0 Å². The summed E-state index contributed by atoms with van der Waals surface area (Å²) in [5.41, 5.74) is 0. The molecule has 1 aliphatic carbocycles. The zero-order valence-corrected chi connectivity index (χ0v) is 10.3. The lowest BCUT2D eigenvalue weighted by molar-refractivity contribution is -0.120. The molecule has 2 N–H and O–H groups in total. The van der Waals surface area contributed by atoms with Crippen LogP contribution in [0.2, 0.25) is 0 Å². The van der Waals surface area contributed by atoms with Gasteiger partial charge in [-0.15, -0.1) is 0 Å². The van der Waals surface area contributed by atoms with Crippen molar-refractivity contribution in [3.63, 3.8) is 0 Å². The van der Waals surface area contributed by atoms with Gasteiger partial charge in [0.05, 0.1) is 12.2 Å². The molecule has 1 rings (SSSR count). The first-order chi connectivity index (χ1) is 8.10. The summed E-state index contributed by atoms with van der Waals surface area (Å²) in [6, 6.07) is 0. The Morgan fingerprint density at radius 2 is 2.00 bits per heavy atom. The van der Waals surface area contributed by atoms with Crippen molar-refractivity contribution in [2.24, 2.45) is 11.8 Å². The molecule has 4 atom stereocenters. The molecule has 98 valence electrons. The van der Waals surface area contributed by atoms with Gasteiger partial charge < -0.3 is 15.0 Å². The van der Waals surface area contributed by atoms with Crippen molar-refractivity contribution >= 4 is 12.1 Å². The Hall–Kier alpha value is -0.740. The van der Waals surface area contributed by atoms with Crippen LogP contribution in [0.4, 0.5) is 0 Å². The summed E-state index contributed by atoms with van der Waals surface area (Å²) in [4.78, 5) is 22.3. The average molecular weight is 242 g/mol. The first-order valence-corrected chi connectivity index (χ1v) is 6.43. The first kappa shape index (κ1) is 14.3. The van der Waals surface area contributed by atoms with Crippen molar-refractivity contribution in [2.75, 3.05) is 0 Å². The molecule has 4 heteroatoms. The number of aliphatic hydroxyl groups excluding tert-OH is 2. The molecule has 0 bridgehead atoms. The minimum absolute atomic E-state index is 0.185. The fourth-order valence-corrected chi connectivity index (χ4v) is 2.52. The molecule has 0 aliphatic heterocycles. The van der Waals surface area contributed by atoms with Crippen LogP contribution >= 0.6 is 0 Å². The van der Waals surface area contributed by atoms with E-state index in [1.165, 1.54) is 0 Å². The number of hydrogen-bond donors (Lipinski definition) is 2. The molecule has 17 heavy (non-hydrogen) atoms. The largest absolute Gasteiger partial charge is 0.393 e. The highest BCUT2D eigenvalue weighted by Gasteiger charge is 2.41. The van der Waals surface area contributed by atoms with Crippen LogP contribution in [-0.2, 0) is 9.59 Å². The molecule has 0 aromatic carbocycles. The van der Waals surface area contributed by atoms with Crippen LogP contribution in [0.3, 0.4) is 0 Å². The zero-order chi connectivity index (χ0) is 12.8. The van der Waals surface area contributed by atoms with Gasteiger partial charge >= 0.3 is 0 Å². The third-order valence-corrected chi connectivity index (χ3v) is 3.64. The Morgan fingerprint density at radius 3 is 2.59 bits per heavy atom. The second-order valence-electron chi connectivity index (χ2n) is 4.93. The van der Waals surface area contributed by atoms with Gasteiger partial charge in [0.2, 0.25) is 0 Å². The van der Waals surface area contributed by atoms with E-state index < -0.39 is 18.1 Å². The second-order valence-corrected chi connectivity index (χ2v) is 4.93. The van der Waals surface area contributed by atoms with Crippen LogP contribution in [0.15, 0.2) is 0 Å². The van der Waals surface area contributed by atoms with E-state index in [2.05, 4.69) is 0 Å². The third kappa shape index (κ3) is 3.89. The first-order valence-electron chi connectivity index (χ1n) is 6.43. The summed E-state index contributed by atoms with van der Waals surface area (Å²) < 4.78 is 0. The van der Waals surface area contributed by atoms with E-state index >= 15 is 0 Å². The summed E-state index contributed by atoms with van der Waals surface area (Å²) in [5.74, 6) is -0.581. The Balaban J connectivity index is 2.39. The minimum Gasteiger partial charge on any atom is -0.393 e. The predicted octanol–water partition coefficient (Wildman–Crippen LogP) is 1.08. The topological polar surface area (TPSA) is 74.6 Å². The Labute approximate surface area is 102 Å². The van der Waals surface area contributed by atoms with Crippen molar-refractivity contribution in [2.45, 2.75) is 57.7 Å². The standard InChI is InChI=1S/C13H22O4/c1-2-3-4-9(15)5-6-10-11(8-14)13(17)7-12(10)16/h8,10-13,16-17H,2-7H2,1H3/t10-,11+,12-,13+/m0/s1. The monoisotopic (exact) mass is 242 g/mol. The molecule has 0 radical (unpaired) electrons. The maximum absolute atomic E-state index is 11.5. The number of rotatable bonds is 7. The van der Waals surface area contributed by atoms with Crippen LogP contribution in [0, 0.1) is 11.8 Å². The second kappa shape index (κ2) is 6.87. The highest BCUT2D eigenvalue weighted by Crippen LogP contribution is 2.34. The number of carbonyl (C=O) groups is 2. The summed E-state index contributed by atoms with van der Waals surface area (Å²) >= 11 is 0. The maximum atomic E-state index is 11.5. The number of ketones is 1. The number of Topliss-reactive ketones (excluding diaryl/α,β-unsaturated/α-hetero) is 1. The average Bonchev–Trinajstić information content (AvgIpc) is 2.57. The molecule has 1 aliphatic rings. The van der Waals surface area contributed by atoms with E-state index in [-0.39, 0.29) is 18.1 Å². The van der Waals surface area contributed by atoms with Crippen LogP contribution in [0.25, 0.3) is 0 Å². The van der Waals surface area contributed by atoms with E-state index in [4.69, 9.17) is 0 Å². The van der Waals surface area contributed by atoms with Crippen molar-refractivity contribution < 1.29 is 19.8 Å². The third-order valence-electron chi connectivity index (χ3n) is 3.64. The molecule has 0 unspecified atom stereocenters. The molecular weight excluding hydrogens is 220 g/mol. The van der Waals surface area contributed by atoms with E-state index in [1.807, 2.05) is 6.92 Å². The number of hydrogen-bond acceptors (Lipinski definition) is 4. The van der Waals surface area contributed by atoms with E-state index in [0.29, 0.717) is 25.5 Å². The van der Waals surface area contributed by atoms with Gasteiger partial charge in [-0.25, -0.2) is 0 Å². The Bertz CT molecular complexity index is 264. The lowest BCUT2D eigenvalue weighted by Crippen LogP contribution is -2.24. The summed E-state index contributed by atoms with van der Waals surface area (Å²) in [7, 11) is 0. The lowest BCUT2D eigenvalue weighted by atomic mass is 9.89. The van der Waals surface area contributed by atoms with E-state index in [0.717, 1.165) is 12.8 Å². The number of aliphatic hydroxyl groups is 2. The van der Waals surface area contributed by atoms with Gasteiger partial charge in [0.25, 0.3) is 0 Å². The van der Waals surface area contributed by atoms with Crippen LogP contribution in [-0.4, -0.2) is 34.5 Å². The number of unbranched alkanes of at least 4 members (excludes halogenated alkanes) is 1. The molecule has 1 saturated carbocycles. The summed E-state index contributed by atoms with van der Waals surface area (Å²) in [6.45, 7) is 2.03. The van der Waals surface area contributed by atoms with Crippen LogP contribution in [0.5, 0.6) is 0 Å². The van der Waals surface area contributed by atoms with Gasteiger partial charge in [0.1, 0.15) is 12.1 Å². The van der Waals surface area contributed by atoms with Gasteiger partial charge in [-0.05, 0) is 18.8 Å². The number of aldehydes is 1. The van der Waals surface area contributed by atoms with Gasteiger partial charge in [-0.1, -0.05) is 13.3 Å². The molecule has 0 saturated heterocycles. The van der Waals surface area contributed by atoms with Crippen molar-refractivity contribution in [1.29, 1.82) is 0 Å². The summed E-state index contributed by atoms with van der Waals surface area (Å²) in [5, 5.41) is 19.3. The smallest absolute Gasteiger partial charge is 0.132 e. The van der Waals surface area contributed by atoms with Gasteiger partial charge in [0.15, 0.2) is 0 Å². The molecule has 1 fully saturated rings.